The van der Waals surface area contributed by atoms with Gasteiger partial charge in [0.15, 0.2) is 0 Å². The summed E-state index contributed by atoms with van der Waals surface area (Å²) in [5, 5.41) is 16.3. The number of fused-ring (bicyclic) bond motifs is 1. The molecule has 0 radical (unpaired) electrons. The Bertz CT molecular complexity index is 1300. The molecule has 0 bridgehead atoms. The van der Waals surface area contributed by atoms with Crippen molar-refractivity contribution in [2.24, 2.45) is 5.92 Å². The lowest BCUT2D eigenvalue weighted by molar-refractivity contribution is -0.117. The number of amides is 3. The number of carbonyl (C=O) groups is 2. The first-order chi connectivity index (χ1) is 17.1. The van der Waals surface area contributed by atoms with E-state index in [-0.39, 0.29) is 23.8 Å². The Hall–Kier alpha value is -3.90. The molecule has 5 rings (SSSR count). The number of hydrogen-bond acceptors (Lipinski definition) is 6. The number of rotatable bonds is 6. The average molecular weight is 488 g/mol. The zero-order valence-electron chi connectivity index (χ0n) is 19.3. The molecule has 2 aliphatic rings. The third-order valence-electron chi connectivity index (χ3n) is 6.51. The minimum Gasteiger partial charge on any atom is -0.496 e. The molecule has 1 aromatic carbocycles. The van der Waals surface area contributed by atoms with Crippen LogP contribution in [0.2, 0.25) is 0 Å². The lowest BCUT2D eigenvalue weighted by Crippen LogP contribution is -2.42. The Kier molecular flexibility index (Phi) is 6.38. The summed E-state index contributed by atoms with van der Waals surface area (Å²) in [5.41, 5.74) is 3.27. The van der Waals surface area contributed by atoms with Gasteiger partial charge in [-0.1, -0.05) is 24.3 Å². The molecule has 2 N–H and O–H groups in total. The second kappa shape index (κ2) is 9.76. The van der Waals surface area contributed by atoms with Crippen molar-refractivity contribution in [2.45, 2.75) is 31.8 Å². The molecule has 0 spiro atoms. The Morgan fingerprint density at radius 1 is 1.26 bits per heavy atom. The summed E-state index contributed by atoms with van der Waals surface area (Å²) in [7, 11) is 1.63. The number of anilines is 1. The smallest absolute Gasteiger partial charge is 0.318 e. The molecule has 9 heteroatoms. The van der Waals surface area contributed by atoms with E-state index >= 15 is 0 Å². The predicted octanol–water partition coefficient (Wildman–Crippen LogP) is 4.03. The van der Waals surface area contributed by atoms with Crippen molar-refractivity contribution in [3.8, 4) is 11.8 Å². The summed E-state index contributed by atoms with van der Waals surface area (Å²) < 4.78 is 5.44. The van der Waals surface area contributed by atoms with Gasteiger partial charge in [0.25, 0.3) is 0 Å². The van der Waals surface area contributed by atoms with Gasteiger partial charge in [0, 0.05) is 23.5 Å². The van der Waals surface area contributed by atoms with Crippen LogP contribution in [0.25, 0.3) is 0 Å². The van der Waals surface area contributed by atoms with Gasteiger partial charge in [0.2, 0.25) is 5.91 Å². The fraction of sp³-hybridized carbons (Fsp3) is 0.308. The molecule has 1 fully saturated rings. The number of carbonyl (C=O) groups excluding carboxylic acids is 2. The van der Waals surface area contributed by atoms with Gasteiger partial charge in [-0.25, -0.2) is 4.79 Å². The van der Waals surface area contributed by atoms with E-state index < -0.39 is 0 Å². The molecule has 8 nitrogen and oxygen atoms in total. The van der Waals surface area contributed by atoms with E-state index in [1.165, 1.54) is 11.3 Å². The highest BCUT2D eigenvalue weighted by molar-refractivity contribution is 7.16. The zero-order chi connectivity index (χ0) is 24.4. The molecule has 178 valence electrons. The Labute approximate surface area is 207 Å². The van der Waals surface area contributed by atoms with E-state index in [0.717, 1.165) is 33.9 Å². The number of para-hydroxylation sites is 1. The van der Waals surface area contributed by atoms with Crippen molar-refractivity contribution < 1.29 is 14.3 Å². The molecule has 2 aromatic heterocycles. The Morgan fingerprint density at radius 3 is 2.86 bits per heavy atom. The van der Waals surface area contributed by atoms with Gasteiger partial charge in [-0.3, -0.25) is 9.78 Å². The number of aromatic nitrogens is 1. The molecule has 35 heavy (non-hydrogen) atoms. The number of nitrogens with one attached hydrogen (secondary N) is 2. The van der Waals surface area contributed by atoms with Crippen molar-refractivity contribution in [2.75, 3.05) is 19.0 Å². The van der Waals surface area contributed by atoms with Crippen LogP contribution in [0.15, 0.2) is 48.7 Å². The zero-order valence-corrected chi connectivity index (χ0v) is 20.1. The molecule has 2 unspecified atom stereocenters. The van der Waals surface area contributed by atoms with Gasteiger partial charge < -0.3 is 20.3 Å². The highest BCUT2D eigenvalue weighted by Gasteiger charge is 2.45. The third kappa shape index (κ3) is 4.70. The quantitative estimate of drug-likeness (QED) is 0.546. The first-order valence-corrected chi connectivity index (χ1v) is 12.3. The van der Waals surface area contributed by atoms with Gasteiger partial charge in [0.1, 0.15) is 16.8 Å². The second-order valence-electron chi connectivity index (χ2n) is 8.65. The summed E-state index contributed by atoms with van der Waals surface area (Å²) in [6.45, 7) is 1.28. The van der Waals surface area contributed by atoms with Crippen molar-refractivity contribution in [3.63, 3.8) is 0 Å². The van der Waals surface area contributed by atoms with E-state index in [1.807, 2.05) is 42.5 Å². The van der Waals surface area contributed by atoms with Crippen LogP contribution in [-0.4, -0.2) is 35.5 Å². The minimum absolute atomic E-state index is 0.0824. The molecule has 3 heterocycles. The largest absolute Gasteiger partial charge is 0.496 e. The topological polar surface area (TPSA) is 107 Å². The lowest BCUT2D eigenvalue weighted by atomic mass is 10.0. The molecule has 1 aliphatic carbocycles. The van der Waals surface area contributed by atoms with Gasteiger partial charge in [-0.05, 0) is 48.1 Å². The first kappa shape index (κ1) is 22.9. The van der Waals surface area contributed by atoms with Crippen LogP contribution in [-0.2, 0) is 24.3 Å². The minimum atomic E-state index is -0.170. The predicted molar refractivity (Wildman–Crippen MR) is 132 cm³/mol. The van der Waals surface area contributed by atoms with Crippen LogP contribution in [0.4, 0.5) is 9.80 Å². The molecule has 1 aliphatic heterocycles. The van der Waals surface area contributed by atoms with Crippen LogP contribution < -0.4 is 15.4 Å². The number of benzene rings is 1. The lowest BCUT2D eigenvalue weighted by Gasteiger charge is -2.27. The fourth-order valence-corrected chi connectivity index (χ4v) is 5.79. The monoisotopic (exact) mass is 487 g/mol. The van der Waals surface area contributed by atoms with E-state index in [1.54, 1.807) is 18.2 Å². The molecule has 2 atom stereocenters. The molecular formula is C26H25N5O3S. The summed E-state index contributed by atoms with van der Waals surface area (Å²) in [6.07, 6.45) is 3.03. The molecular weight excluding hydrogens is 462 g/mol. The van der Waals surface area contributed by atoms with Crippen LogP contribution in [0.5, 0.6) is 5.75 Å². The first-order valence-electron chi connectivity index (χ1n) is 11.5. The standard InChI is InChI=1S/C26H25N5O3S/c1-34-22-8-3-2-7-17(22)19-12-20(19)24(32)30-25-21(13-27)18-9-11-31(15-23(18)35-25)26(33)29-14-16-6-4-5-10-28-16/h2-8,10,19-20H,9,11-12,14-15H2,1H3,(H,29,33)(H,30,32). The summed E-state index contributed by atoms with van der Waals surface area (Å²) in [6, 6.07) is 15.4. The Balaban J connectivity index is 1.24. The number of ether oxygens (including phenoxy) is 1. The van der Waals surface area contributed by atoms with Crippen molar-refractivity contribution >= 4 is 28.3 Å². The van der Waals surface area contributed by atoms with Crippen LogP contribution >= 0.6 is 11.3 Å². The third-order valence-corrected chi connectivity index (χ3v) is 7.64. The highest BCUT2D eigenvalue weighted by atomic mass is 32.1. The van der Waals surface area contributed by atoms with Crippen LogP contribution in [0, 0.1) is 17.2 Å². The fourth-order valence-electron chi connectivity index (χ4n) is 4.57. The van der Waals surface area contributed by atoms with Crippen molar-refractivity contribution in [1.29, 1.82) is 5.26 Å². The second-order valence-corrected chi connectivity index (χ2v) is 9.76. The van der Waals surface area contributed by atoms with Gasteiger partial charge in [0.05, 0.1) is 31.5 Å². The van der Waals surface area contributed by atoms with Gasteiger partial charge >= 0.3 is 6.03 Å². The Morgan fingerprint density at radius 2 is 2.09 bits per heavy atom. The van der Waals surface area contributed by atoms with E-state index in [4.69, 9.17) is 4.74 Å². The van der Waals surface area contributed by atoms with E-state index in [9.17, 15) is 14.9 Å². The SMILES string of the molecule is COc1ccccc1C1CC1C(=O)Nc1sc2c(c1C#N)CCN(C(=O)NCc1ccccn1)C2. The maximum absolute atomic E-state index is 13.0. The van der Waals surface area contributed by atoms with Crippen LogP contribution in [0.3, 0.4) is 0 Å². The normalized spacial score (nSPS) is 18.2. The van der Waals surface area contributed by atoms with Gasteiger partial charge in [-0.2, -0.15) is 5.26 Å². The maximum Gasteiger partial charge on any atom is 0.318 e. The number of thiophene rings is 1. The summed E-state index contributed by atoms with van der Waals surface area (Å²) in [5.74, 6) is 0.676. The maximum atomic E-state index is 13.0. The molecule has 3 aromatic rings. The average Bonchev–Trinajstić information content (AvgIpc) is 3.62. The number of nitrogens with zero attached hydrogens (tertiary/aromatic N) is 3. The number of hydrogen-bond donors (Lipinski definition) is 2. The highest BCUT2D eigenvalue weighted by Crippen LogP contribution is 2.51. The van der Waals surface area contributed by atoms with Crippen molar-refractivity contribution in [3.05, 3.63) is 75.9 Å². The number of pyridine rings is 1. The molecule has 3 amide bonds. The van der Waals surface area contributed by atoms with Crippen LogP contribution in [0.1, 0.15) is 39.6 Å². The molecule has 1 saturated carbocycles. The van der Waals surface area contributed by atoms with E-state index in [0.29, 0.717) is 36.6 Å². The van der Waals surface area contributed by atoms with Crippen molar-refractivity contribution in [1.82, 2.24) is 15.2 Å². The van der Waals surface area contributed by atoms with E-state index in [2.05, 4.69) is 21.7 Å². The number of methoxy groups -OCH3 is 1. The summed E-state index contributed by atoms with van der Waals surface area (Å²) in [4.78, 5) is 32.6. The molecule has 0 saturated heterocycles. The van der Waals surface area contributed by atoms with Gasteiger partial charge in [-0.15, -0.1) is 11.3 Å². The summed E-state index contributed by atoms with van der Waals surface area (Å²) >= 11 is 1.39. The number of urea groups is 1. The number of nitriles is 1.